The number of hydrogen-bond acceptors (Lipinski definition) is 7. The normalized spacial score (nSPS) is 15.1. The maximum Gasteiger partial charge on any atom is 0.275 e. The Balaban J connectivity index is 1.72. The number of nitrogens with two attached hydrogens (primary N) is 1. The molecule has 8 nitrogen and oxygen atoms in total. The number of nitrogens with one attached hydrogen (secondary N) is 3. The highest BCUT2D eigenvalue weighted by Gasteiger charge is 2.44. The number of hydrazine groups is 1. The van der Waals surface area contributed by atoms with Crippen LogP contribution in [0, 0.1) is 11.3 Å². The van der Waals surface area contributed by atoms with Gasteiger partial charge in [-0.25, -0.2) is 19.6 Å². The maximum atomic E-state index is 13.2. The first kappa shape index (κ1) is 26.0. The van der Waals surface area contributed by atoms with Crippen molar-refractivity contribution in [2.45, 2.75) is 57.9 Å². The Morgan fingerprint density at radius 3 is 2.68 bits per heavy atom. The molecule has 2 aromatic rings. The molecule has 0 aliphatic heterocycles. The molecule has 0 saturated heterocycles. The van der Waals surface area contributed by atoms with E-state index in [2.05, 4.69) is 32.8 Å². The lowest BCUT2D eigenvalue weighted by molar-refractivity contribution is -0.111. The summed E-state index contributed by atoms with van der Waals surface area (Å²) < 4.78 is 29.2. The van der Waals surface area contributed by atoms with E-state index in [0.717, 1.165) is 11.1 Å². The van der Waals surface area contributed by atoms with E-state index in [1.165, 1.54) is 5.01 Å². The van der Waals surface area contributed by atoms with Crippen LogP contribution < -0.4 is 15.9 Å². The van der Waals surface area contributed by atoms with Crippen LogP contribution in [0.15, 0.2) is 30.5 Å². The number of halogens is 2. The molecule has 0 radical (unpaired) electrons. The van der Waals surface area contributed by atoms with Gasteiger partial charge in [-0.15, -0.1) is 0 Å². The predicted octanol–water partition coefficient (Wildman–Crippen LogP) is 3.59. The number of amidine groups is 1. The minimum atomic E-state index is -2.54. The van der Waals surface area contributed by atoms with Crippen LogP contribution in [0.5, 0.6) is 0 Å². The lowest BCUT2D eigenvalue weighted by Crippen LogP contribution is -2.43. The lowest BCUT2D eigenvalue weighted by atomic mass is 9.77. The first-order valence-electron chi connectivity index (χ1n) is 11.2. The van der Waals surface area contributed by atoms with Crippen LogP contribution in [0.3, 0.4) is 0 Å². The number of amides is 1. The standard InChI is InChI=1S/C23H31F2N7OS/c1-14(2)32(27)21(26)18-4-3-5-20(30-18)31-22(33)19-10-16(17(13-28-19)8-9-29-34)7-6-15-11-23(24,25)12-15/h3-5,10,13-15,26,29,34H,6-9,11-12,27H2,1-2H3,(H,30,31,33). The predicted molar refractivity (Wildman–Crippen MR) is 131 cm³/mol. The van der Waals surface area contributed by atoms with E-state index in [9.17, 15) is 13.6 Å². The van der Waals surface area contributed by atoms with E-state index in [1.54, 1.807) is 30.5 Å². The largest absolute Gasteiger partial charge is 0.305 e. The van der Waals surface area contributed by atoms with Crippen LogP contribution in [0.1, 0.15) is 60.4 Å². The average Bonchev–Trinajstić information content (AvgIpc) is 2.79. The first-order chi connectivity index (χ1) is 16.1. The molecule has 2 heterocycles. The Kier molecular flexibility index (Phi) is 8.56. The highest BCUT2D eigenvalue weighted by molar-refractivity contribution is 7.78. The van der Waals surface area contributed by atoms with Gasteiger partial charge in [0.05, 0.1) is 0 Å². The van der Waals surface area contributed by atoms with Crippen molar-refractivity contribution in [3.8, 4) is 0 Å². The van der Waals surface area contributed by atoms with Gasteiger partial charge in [-0.05, 0) is 68.4 Å². The van der Waals surface area contributed by atoms with Gasteiger partial charge in [-0.2, -0.15) is 0 Å². The molecule has 0 unspecified atom stereocenters. The summed E-state index contributed by atoms with van der Waals surface area (Å²) in [6, 6.07) is 6.58. The van der Waals surface area contributed by atoms with Crippen molar-refractivity contribution in [3.05, 3.63) is 53.0 Å². The van der Waals surface area contributed by atoms with Crippen molar-refractivity contribution in [1.29, 1.82) is 5.41 Å². The number of pyridine rings is 2. The van der Waals surface area contributed by atoms with Crippen LogP contribution >= 0.6 is 12.8 Å². The second-order valence-electron chi connectivity index (χ2n) is 8.88. The van der Waals surface area contributed by atoms with Gasteiger partial charge in [-0.1, -0.05) is 18.9 Å². The first-order valence-corrected chi connectivity index (χ1v) is 11.7. The molecule has 0 atom stereocenters. The smallest absolute Gasteiger partial charge is 0.275 e. The van der Waals surface area contributed by atoms with E-state index in [0.29, 0.717) is 31.5 Å². The Hall–Kier alpha value is -2.63. The molecule has 1 saturated carbocycles. The topological polar surface area (TPSA) is 120 Å². The van der Waals surface area contributed by atoms with Crippen molar-refractivity contribution in [1.82, 2.24) is 19.7 Å². The number of nitrogens with zero attached hydrogens (tertiary/aromatic N) is 3. The van der Waals surface area contributed by atoms with Crippen molar-refractivity contribution < 1.29 is 13.6 Å². The number of aromatic nitrogens is 2. The quantitative estimate of drug-likeness (QED) is 0.114. The number of hydrogen-bond donors (Lipinski definition) is 5. The van der Waals surface area contributed by atoms with Crippen LogP contribution in [-0.4, -0.2) is 45.2 Å². The van der Waals surface area contributed by atoms with Crippen LogP contribution in [0.2, 0.25) is 0 Å². The maximum absolute atomic E-state index is 13.2. The molecule has 3 rings (SSSR count). The third-order valence-corrected chi connectivity index (χ3v) is 6.09. The Labute approximate surface area is 203 Å². The van der Waals surface area contributed by atoms with Crippen molar-refractivity contribution >= 4 is 30.4 Å². The monoisotopic (exact) mass is 491 g/mol. The van der Waals surface area contributed by atoms with E-state index >= 15 is 0 Å². The summed E-state index contributed by atoms with van der Waals surface area (Å²) in [4.78, 5) is 21.5. The Morgan fingerprint density at radius 2 is 2.03 bits per heavy atom. The fourth-order valence-corrected chi connectivity index (χ4v) is 3.97. The zero-order chi connectivity index (χ0) is 24.9. The lowest BCUT2D eigenvalue weighted by Gasteiger charge is -2.35. The average molecular weight is 492 g/mol. The minimum Gasteiger partial charge on any atom is -0.305 e. The van der Waals surface area contributed by atoms with Gasteiger partial charge >= 0.3 is 0 Å². The molecule has 1 aliphatic carbocycles. The molecule has 34 heavy (non-hydrogen) atoms. The van der Waals surface area contributed by atoms with Gasteiger partial charge in [0, 0.05) is 31.6 Å². The van der Waals surface area contributed by atoms with Gasteiger partial charge in [-0.3, -0.25) is 24.9 Å². The number of thiol groups is 1. The molecule has 0 spiro atoms. The molecule has 11 heteroatoms. The van der Waals surface area contributed by atoms with E-state index in [-0.39, 0.29) is 42.1 Å². The highest BCUT2D eigenvalue weighted by atomic mass is 32.1. The summed E-state index contributed by atoms with van der Waals surface area (Å²) in [5.41, 5.74) is 2.41. The van der Waals surface area contributed by atoms with Gasteiger partial charge in [0.15, 0.2) is 5.84 Å². The highest BCUT2D eigenvalue weighted by Crippen LogP contribution is 2.44. The van der Waals surface area contributed by atoms with Crippen molar-refractivity contribution in [2.24, 2.45) is 11.8 Å². The number of anilines is 1. The van der Waals surface area contributed by atoms with E-state index in [4.69, 9.17) is 11.3 Å². The Bertz CT molecular complexity index is 1030. The molecule has 1 amide bonds. The SMILES string of the molecule is CC(C)N(N)C(=N)c1cccc(NC(=O)c2cc(CCC3CC(F)(F)C3)c(CCNS)cn2)n1. The van der Waals surface area contributed by atoms with Gasteiger partial charge in [0.2, 0.25) is 5.92 Å². The molecule has 5 N–H and O–H groups in total. The molecule has 184 valence electrons. The molecule has 1 aliphatic rings. The van der Waals surface area contributed by atoms with Crippen LogP contribution in [0.25, 0.3) is 0 Å². The molecule has 0 bridgehead atoms. The third kappa shape index (κ3) is 6.71. The molecule has 0 aromatic carbocycles. The van der Waals surface area contributed by atoms with Crippen molar-refractivity contribution in [2.75, 3.05) is 11.9 Å². The second kappa shape index (κ2) is 11.2. The summed E-state index contributed by atoms with van der Waals surface area (Å²) in [6.45, 7) is 4.33. The molecule has 2 aromatic heterocycles. The summed E-state index contributed by atoms with van der Waals surface area (Å²) in [6.07, 6.45) is 3.39. The second-order valence-corrected chi connectivity index (χ2v) is 9.19. The van der Waals surface area contributed by atoms with E-state index < -0.39 is 11.8 Å². The number of aryl methyl sites for hydroxylation is 1. The molecule has 1 fully saturated rings. The number of alkyl halides is 2. The van der Waals surface area contributed by atoms with Gasteiger partial charge in [0.1, 0.15) is 17.2 Å². The third-order valence-electron chi connectivity index (χ3n) is 5.87. The zero-order valence-corrected chi connectivity index (χ0v) is 20.2. The van der Waals surface area contributed by atoms with Gasteiger partial charge < -0.3 is 5.32 Å². The fourth-order valence-electron chi connectivity index (χ4n) is 3.85. The number of carbonyl (C=O) groups is 1. The summed E-state index contributed by atoms with van der Waals surface area (Å²) in [5, 5.41) is 12.2. The number of rotatable bonds is 10. The van der Waals surface area contributed by atoms with Crippen LogP contribution in [0.4, 0.5) is 14.6 Å². The zero-order valence-electron chi connectivity index (χ0n) is 19.3. The van der Waals surface area contributed by atoms with Crippen LogP contribution in [-0.2, 0) is 12.8 Å². The summed E-state index contributed by atoms with van der Waals surface area (Å²) in [7, 11) is 0. The minimum absolute atomic E-state index is 0.00787. The fraction of sp³-hybridized carbons (Fsp3) is 0.478. The number of carbonyl (C=O) groups excluding carboxylic acids is 1. The van der Waals surface area contributed by atoms with Gasteiger partial charge in [0.25, 0.3) is 5.91 Å². The summed E-state index contributed by atoms with van der Waals surface area (Å²) in [5.74, 6) is 3.21. The molecular weight excluding hydrogens is 460 g/mol. The Morgan fingerprint density at radius 1 is 1.29 bits per heavy atom. The molecular formula is C23H31F2N7OS. The van der Waals surface area contributed by atoms with Crippen molar-refractivity contribution in [3.63, 3.8) is 0 Å². The van der Waals surface area contributed by atoms with E-state index in [1.807, 2.05) is 13.8 Å². The summed E-state index contributed by atoms with van der Waals surface area (Å²) >= 11 is 4.02.